The fourth-order valence-corrected chi connectivity index (χ4v) is 2.68. The smallest absolute Gasteiger partial charge is 0.258 e. The Bertz CT molecular complexity index is 861. The summed E-state index contributed by atoms with van der Waals surface area (Å²) < 4.78 is 0. The van der Waals surface area contributed by atoms with E-state index in [4.69, 9.17) is 11.6 Å². The lowest BCUT2D eigenvalue weighted by Crippen LogP contribution is -2.25. The highest BCUT2D eigenvalue weighted by molar-refractivity contribution is 6.31. The molecule has 0 saturated carbocycles. The SMILES string of the molecule is C[C@@H](NCCc1ccccc1)c1nc2cc(Cl)ccc2c(=O)[nH]1. The molecule has 3 rings (SSSR count). The van der Waals surface area contributed by atoms with Crippen LogP contribution in [0.3, 0.4) is 0 Å². The van der Waals surface area contributed by atoms with Crippen molar-refractivity contribution in [3.63, 3.8) is 0 Å². The summed E-state index contributed by atoms with van der Waals surface area (Å²) in [5.41, 5.74) is 1.75. The normalized spacial score (nSPS) is 12.4. The first-order valence-electron chi connectivity index (χ1n) is 7.60. The van der Waals surface area contributed by atoms with E-state index in [0.717, 1.165) is 13.0 Å². The number of H-pyrrole nitrogens is 1. The van der Waals surface area contributed by atoms with Crippen LogP contribution in [-0.4, -0.2) is 16.5 Å². The zero-order valence-electron chi connectivity index (χ0n) is 12.8. The first-order chi connectivity index (χ1) is 11.1. The lowest BCUT2D eigenvalue weighted by molar-refractivity contribution is 0.549. The Hall–Kier alpha value is -2.17. The minimum Gasteiger partial charge on any atom is -0.309 e. The van der Waals surface area contributed by atoms with Gasteiger partial charge < -0.3 is 10.3 Å². The van der Waals surface area contributed by atoms with E-state index in [9.17, 15) is 4.79 Å². The molecule has 5 heteroatoms. The van der Waals surface area contributed by atoms with Gasteiger partial charge in [-0.25, -0.2) is 4.98 Å². The average molecular weight is 328 g/mol. The van der Waals surface area contributed by atoms with Gasteiger partial charge in [-0.1, -0.05) is 41.9 Å². The molecule has 2 aromatic carbocycles. The van der Waals surface area contributed by atoms with Crippen molar-refractivity contribution in [2.75, 3.05) is 6.54 Å². The van der Waals surface area contributed by atoms with Crippen molar-refractivity contribution in [3.8, 4) is 0 Å². The van der Waals surface area contributed by atoms with Gasteiger partial charge in [0.05, 0.1) is 16.9 Å². The summed E-state index contributed by atoms with van der Waals surface area (Å²) >= 11 is 5.99. The molecule has 0 aliphatic heterocycles. The summed E-state index contributed by atoms with van der Waals surface area (Å²) in [6.07, 6.45) is 0.925. The summed E-state index contributed by atoms with van der Waals surface area (Å²) in [6.45, 7) is 2.79. The quantitative estimate of drug-likeness (QED) is 0.754. The lowest BCUT2D eigenvalue weighted by Gasteiger charge is -2.13. The third-order valence-corrected chi connectivity index (χ3v) is 4.04. The molecule has 2 N–H and O–H groups in total. The van der Waals surface area contributed by atoms with Gasteiger partial charge in [-0.15, -0.1) is 0 Å². The minimum absolute atomic E-state index is 0.0465. The van der Waals surface area contributed by atoms with Crippen molar-refractivity contribution < 1.29 is 0 Å². The number of aromatic nitrogens is 2. The Balaban J connectivity index is 1.73. The van der Waals surface area contributed by atoms with E-state index in [1.54, 1.807) is 18.2 Å². The third-order valence-electron chi connectivity index (χ3n) is 3.80. The van der Waals surface area contributed by atoms with Crippen LogP contribution in [0, 0.1) is 0 Å². The first kappa shape index (κ1) is 15.7. The van der Waals surface area contributed by atoms with Crippen LogP contribution in [0.5, 0.6) is 0 Å². The van der Waals surface area contributed by atoms with Gasteiger partial charge in [0.25, 0.3) is 5.56 Å². The van der Waals surface area contributed by atoms with E-state index < -0.39 is 0 Å². The molecular formula is C18H18ClN3O. The summed E-state index contributed by atoms with van der Waals surface area (Å²) in [5.74, 6) is 0.623. The maximum atomic E-state index is 12.1. The largest absolute Gasteiger partial charge is 0.309 e. The number of rotatable bonds is 5. The number of aromatic amines is 1. The number of hydrogen-bond acceptors (Lipinski definition) is 3. The second-order valence-corrected chi connectivity index (χ2v) is 5.96. The highest BCUT2D eigenvalue weighted by Gasteiger charge is 2.10. The molecule has 0 aliphatic rings. The van der Waals surface area contributed by atoms with Crippen molar-refractivity contribution in [2.24, 2.45) is 0 Å². The van der Waals surface area contributed by atoms with Crippen molar-refractivity contribution >= 4 is 22.5 Å². The van der Waals surface area contributed by atoms with Crippen molar-refractivity contribution in [3.05, 3.63) is 75.3 Å². The fraction of sp³-hybridized carbons (Fsp3) is 0.222. The molecule has 4 nitrogen and oxygen atoms in total. The third kappa shape index (κ3) is 3.78. The Morgan fingerprint density at radius 3 is 2.78 bits per heavy atom. The number of halogens is 1. The number of benzene rings is 2. The molecule has 0 saturated heterocycles. The molecular weight excluding hydrogens is 310 g/mol. The number of hydrogen-bond donors (Lipinski definition) is 2. The molecule has 0 amide bonds. The summed E-state index contributed by atoms with van der Waals surface area (Å²) in [6, 6.07) is 15.3. The fourth-order valence-electron chi connectivity index (χ4n) is 2.51. The Morgan fingerprint density at radius 2 is 2.00 bits per heavy atom. The van der Waals surface area contributed by atoms with Gasteiger partial charge >= 0.3 is 0 Å². The van der Waals surface area contributed by atoms with Gasteiger partial charge in [0.15, 0.2) is 0 Å². The topological polar surface area (TPSA) is 57.8 Å². The van der Waals surface area contributed by atoms with Crippen LogP contribution in [0.4, 0.5) is 0 Å². The zero-order valence-corrected chi connectivity index (χ0v) is 13.6. The predicted octanol–water partition coefficient (Wildman–Crippen LogP) is 3.47. The molecule has 0 unspecified atom stereocenters. The average Bonchev–Trinajstić information content (AvgIpc) is 2.55. The highest BCUT2D eigenvalue weighted by atomic mass is 35.5. The predicted molar refractivity (Wildman–Crippen MR) is 93.9 cm³/mol. The molecule has 118 valence electrons. The van der Waals surface area contributed by atoms with E-state index in [1.807, 2.05) is 25.1 Å². The number of nitrogens with zero attached hydrogens (tertiary/aromatic N) is 1. The second-order valence-electron chi connectivity index (χ2n) is 5.52. The summed E-state index contributed by atoms with van der Waals surface area (Å²) in [5, 5.41) is 4.51. The van der Waals surface area contributed by atoms with Gasteiger partial charge in [0.2, 0.25) is 0 Å². The molecule has 1 heterocycles. The van der Waals surface area contributed by atoms with Crippen LogP contribution in [0.15, 0.2) is 53.3 Å². The van der Waals surface area contributed by atoms with Crippen molar-refractivity contribution in [1.82, 2.24) is 15.3 Å². The number of fused-ring (bicyclic) bond motifs is 1. The Labute approximate surface area is 139 Å². The minimum atomic E-state index is -0.140. The standard InChI is InChI=1S/C18H18ClN3O/c1-12(20-10-9-13-5-3-2-4-6-13)17-21-16-11-14(19)7-8-15(16)18(23)22-17/h2-8,11-12,20H,9-10H2,1H3,(H,21,22,23)/t12-/m1/s1. The molecule has 0 bridgehead atoms. The lowest BCUT2D eigenvalue weighted by atomic mass is 10.1. The van der Waals surface area contributed by atoms with Crippen molar-refractivity contribution in [1.29, 1.82) is 0 Å². The molecule has 1 aromatic heterocycles. The molecule has 3 aromatic rings. The monoisotopic (exact) mass is 327 g/mol. The molecule has 0 spiro atoms. The van der Waals surface area contributed by atoms with Gasteiger partial charge in [-0.2, -0.15) is 0 Å². The summed E-state index contributed by atoms with van der Waals surface area (Å²) in [4.78, 5) is 19.5. The van der Waals surface area contributed by atoms with Crippen LogP contribution < -0.4 is 10.9 Å². The van der Waals surface area contributed by atoms with E-state index in [1.165, 1.54) is 5.56 Å². The van der Waals surface area contributed by atoms with Gasteiger partial charge in [0, 0.05) is 5.02 Å². The Morgan fingerprint density at radius 1 is 1.22 bits per heavy atom. The van der Waals surface area contributed by atoms with Gasteiger partial charge in [-0.3, -0.25) is 4.79 Å². The molecule has 23 heavy (non-hydrogen) atoms. The molecule has 1 atom stereocenters. The van der Waals surface area contributed by atoms with Crippen LogP contribution >= 0.6 is 11.6 Å². The van der Waals surface area contributed by atoms with Crippen LogP contribution in [0.2, 0.25) is 5.02 Å². The molecule has 0 radical (unpaired) electrons. The van der Waals surface area contributed by atoms with Gasteiger partial charge in [-0.05, 0) is 43.7 Å². The van der Waals surface area contributed by atoms with E-state index >= 15 is 0 Å². The van der Waals surface area contributed by atoms with Crippen LogP contribution in [-0.2, 0) is 6.42 Å². The second kappa shape index (κ2) is 6.94. The maximum Gasteiger partial charge on any atom is 0.258 e. The number of nitrogens with one attached hydrogen (secondary N) is 2. The highest BCUT2D eigenvalue weighted by Crippen LogP contribution is 2.16. The van der Waals surface area contributed by atoms with E-state index in [-0.39, 0.29) is 11.6 Å². The first-order valence-corrected chi connectivity index (χ1v) is 7.98. The Kier molecular flexibility index (Phi) is 4.74. The van der Waals surface area contributed by atoms with E-state index in [2.05, 4.69) is 27.4 Å². The molecule has 0 fully saturated rings. The maximum absolute atomic E-state index is 12.1. The van der Waals surface area contributed by atoms with Crippen molar-refractivity contribution in [2.45, 2.75) is 19.4 Å². The van der Waals surface area contributed by atoms with Crippen LogP contribution in [0.25, 0.3) is 10.9 Å². The summed E-state index contributed by atoms with van der Waals surface area (Å²) in [7, 11) is 0. The van der Waals surface area contributed by atoms with Crippen LogP contribution in [0.1, 0.15) is 24.4 Å². The van der Waals surface area contributed by atoms with Gasteiger partial charge in [0.1, 0.15) is 5.82 Å². The van der Waals surface area contributed by atoms with E-state index in [0.29, 0.717) is 21.7 Å². The zero-order chi connectivity index (χ0) is 16.2. The molecule has 0 aliphatic carbocycles.